The highest BCUT2D eigenvalue weighted by atomic mass is 15.3. The average molecular weight is 160 g/mol. The van der Waals surface area contributed by atoms with Gasteiger partial charge in [0.05, 0.1) is 0 Å². The Morgan fingerprint density at radius 3 is 2.36 bits per heavy atom. The molecule has 0 saturated heterocycles. The predicted octanol–water partition coefficient (Wildman–Crippen LogP) is -3.50. The number of rotatable bonds is 2. The molecule has 10 N–H and O–H groups in total. The molecule has 0 unspecified atom stereocenters. The third kappa shape index (κ3) is 4.78. The number of hydrogen-bond acceptors (Lipinski definition) is 4. The van der Waals surface area contributed by atoms with Crippen LogP contribution in [0.15, 0.2) is 10.1 Å². The van der Waals surface area contributed by atoms with Crippen molar-refractivity contribution < 1.29 is 0 Å². The van der Waals surface area contributed by atoms with Crippen LogP contribution in [0.4, 0.5) is 0 Å². The largest absolute Gasteiger partial charge is 0.369 e. The number of hydrazone groups is 1. The van der Waals surface area contributed by atoms with Crippen molar-refractivity contribution >= 4 is 11.9 Å². The van der Waals surface area contributed by atoms with Gasteiger partial charge in [-0.3, -0.25) is 5.43 Å². The molecule has 0 aliphatic heterocycles. The van der Waals surface area contributed by atoms with Gasteiger partial charge in [0.25, 0.3) is 0 Å². The molecular formula is C3H12N8. The maximum absolute atomic E-state index is 5.16. The smallest absolute Gasteiger partial charge is 0.212 e. The van der Waals surface area contributed by atoms with Crippen LogP contribution in [0.1, 0.15) is 0 Å². The van der Waals surface area contributed by atoms with Crippen molar-refractivity contribution in [1.29, 1.82) is 0 Å². The highest BCUT2D eigenvalue weighted by Gasteiger charge is 1.86. The van der Waals surface area contributed by atoms with Crippen LogP contribution in [0.5, 0.6) is 0 Å². The van der Waals surface area contributed by atoms with E-state index >= 15 is 0 Å². The Balaban J connectivity index is 3.56. The number of aliphatic imine (C=N–C) groups is 1. The van der Waals surface area contributed by atoms with Gasteiger partial charge < -0.3 is 22.6 Å². The summed E-state index contributed by atoms with van der Waals surface area (Å²) in [6.45, 7) is 0.169. The van der Waals surface area contributed by atoms with E-state index < -0.39 is 0 Å². The minimum atomic E-state index is 0.0820. The number of nitrogens with two attached hydrogens (primary N) is 4. The Labute approximate surface area is 63.7 Å². The number of hydrogen-bond donors (Lipinski definition) is 6. The summed E-state index contributed by atoms with van der Waals surface area (Å²) in [6.07, 6.45) is 0. The monoisotopic (exact) mass is 160 g/mol. The summed E-state index contributed by atoms with van der Waals surface area (Å²) in [5.41, 5.74) is 12.4. The van der Waals surface area contributed by atoms with Gasteiger partial charge in [0.1, 0.15) is 6.67 Å². The fraction of sp³-hybridized carbons (Fsp3) is 0.333. The van der Waals surface area contributed by atoms with Crippen molar-refractivity contribution in [2.45, 2.75) is 0 Å². The summed E-state index contributed by atoms with van der Waals surface area (Å²) in [5.74, 6) is 9.88. The summed E-state index contributed by atoms with van der Waals surface area (Å²) >= 11 is 0. The van der Waals surface area contributed by atoms with Gasteiger partial charge in [0.15, 0.2) is 0 Å². The molecular weight excluding hydrogens is 148 g/mol. The van der Waals surface area contributed by atoms with Crippen LogP contribution in [0.2, 0.25) is 0 Å². The number of guanidine groups is 2. The molecule has 11 heavy (non-hydrogen) atoms. The van der Waals surface area contributed by atoms with Crippen LogP contribution in [-0.2, 0) is 0 Å². The lowest BCUT2D eigenvalue weighted by atomic mass is 10.9. The van der Waals surface area contributed by atoms with Crippen molar-refractivity contribution in [3.63, 3.8) is 0 Å². The normalized spacial score (nSPS) is 12.8. The van der Waals surface area contributed by atoms with Crippen molar-refractivity contribution in [3.8, 4) is 0 Å². The molecule has 0 fully saturated rings. The van der Waals surface area contributed by atoms with Gasteiger partial charge >= 0.3 is 0 Å². The Bertz CT molecular complexity index is 159. The SMILES string of the molecule is NN=C(N)NCN=C(N)NN. The zero-order valence-corrected chi connectivity index (χ0v) is 5.91. The summed E-state index contributed by atoms with van der Waals surface area (Å²) in [5, 5.41) is 5.67. The van der Waals surface area contributed by atoms with Gasteiger partial charge in [-0.2, -0.15) is 0 Å². The van der Waals surface area contributed by atoms with Gasteiger partial charge in [0, 0.05) is 0 Å². The minimum absolute atomic E-state index is 0.0820. The molecule has 64 valence electrons. The lowest BCUT2D eigenvalue weighted by Gasteiger charge is -2.00. The first-order valence-corrected chi connectivity index (χ1v) is 2.74. The molecule has 0 radical (unpaired) electrons. The Kier molecular flexibility index (Phi) is 4.32. The van der Waals surface area contributed by atoms with Crippen LogP contribution in [-0.4, -0.2) is 18.6 Å². The Morgan fingerprint density at radius 2 is 1.91 bits per heavy atom. The van der Waals surface area contributed by atoms with E-state index in [2.05, 4.69) is 20.8 Å². The molecule has 0 saturated carbocycles. The fourth-order valence-corrected chi connectivity index (χ4v) is 0.297. The summed E-state index contributed by atoms with van der Waals surface area (Å²) in [7, 11) is 0. The fourth-order valence-electron chi connectivity index (χ4n) is 0.297. The molecule has 0 aromatic rings. The minimum Gasteiger partial charge on any atom is -0.369 e. The zero-order chi connectivity index (χ0) is 8.69. The number of nitrogens with one attached hydrogen (secondary N) is 2. The molecule has 8 nitrogen and oxygen atoms in total. The highest BCUT2D eigenvalue weighted by Crippen LogP contribution is 1.62. The first-order valence-electron chi connectivity index (χ1n) is 2.74. The van der Waals surface area contributed by atoms with Crippen molar-refractivity contribution in [1.82, 2.24) is 10.7 Å². The van der Waals surface area contributed by atoms with Crippen LogP contribution in [0, 0.1) is 0 Å². The van der Waals surface area contributed by atoms with E-state index in [4.69, 9.17) is 23.2 Å². The third-order valence-electron chi connectivity index (χ3n) is 0.797. The number of nitrogens with zero attached hydrogens (tertiary/aromatic N) is 2. The van der Waals surface area contributed by atoms with Gasteiger partial charge in [-0.1, -0.05) is 0 Å². The maximum atomic E-state index is 5.16. The van der Waals surface area contributed by atoms with Crippen molar-refractivity contribution in [2.75, 3.05) is 6.67 Å². The van der Waals surface area contributed by atoms with E-state index in [1.807, 2.05) is 0 Å². The summed E-state index contributed by atoms with van der Waals surface area (Å²) in [6, 6.07) is 0. The number of hydrazine groups is 1. The molecule has 0 amide bonds. The predicted molar refractivity (Wildman–Crippen MR) is 42.8 cm³/mol. The van der Waals surface area contributed by atoms with Crippen LogP contribution in [0.3, 0.4) is 0 Å². The third-order valence-corrected chi connectivity index (χ3v) is 0.797. The van der Waals surface area contributed by atoms with E-state index in [-0.39, 0.29) is 18.6 Å². The summed E-state index contributed by atoms with van der Waals surface area (Å²) < 4.78 is 0. The second-order valence-electron chi connectivity index (χ2n) is 1.54. The van der Waals surface area contributed by atoms with Gasteiger partial charge in [-0.05, 0) is 0 Å². The van der Waals surface area contributed by atoms with Crippen LogP contribution in [0.25, 0.3) is 0 Å². The molecule has 0 spiro atoms. The van der Waals surface area contributed by atoms with Crippen molar-refractivity contribution in [3.05, 3.63) is 0 Å². The van der Waals surface area contributed by atoms with E-state index in [1.165, 1.54) is 0 Å². The highest BCUT2D eigenvalue weighted by molar-refractivity contribution is 5.79. The van der Waals surface area contributed by atoms with Gasteiger partial charge in [-0.15, -0.1) is 5.10 Å². The molecule has 0 heterocycles. The molecule has 0 aliphatic rings. The first kappa shape index (κ1) is 9.30. The molecule has 0 aromatic heterocycles. The summed E-state index contributed by atoms with van der Waals surface area (Å²) in [4.78, 5) is 3.66. The second kappa shape index (κ2) is 5.11. The standard InChI is InChI=1S/C3H12N8/c4-2(10-6)8-1-9-3(5)11-7/h1,6-7H2,(H3,4,8,10)(H3,5,9,11). The second-order valence-corrected chi connectivity index (χ2v) is 1.54. The lowest BCUT2D eigenvalue weighted by Crippen LogP contribution is -2.39. The van der Waals surface area contributed by atoms with Crippen LogP contribution < -0.4 is 33.9 Å². The quantitative estimate of drug-likeness (QED) is 0.107. The Hall–Kier alpha value is -1.70. The molecule has 0 bridgehead atoms. The Morgan fingerprint density at radius 1 is 1.27 bits per heavy atom. The van der Waals surface area contributed by atoms with Crippen molar-refractivity contribution in [2.24, 2.45) is 33.2 Å². The van der Waals surface area contributed by atoms with Gasteiger partial charge in [0.2, 0.25) is 11.9 Å². The van der Waals surface area contributed by atoms with E-state index in [0.717, 1.165) is 0 Å². The van der Waals surface area contributed by atoms with Crippen LogP contribution >= 0.6 is 0 Å². The van der Waals surface area contributed by atoms with E-state index in [9.17, 15) is 0 Å². The first-order chi connectivity index (χ1) is 5.20. The maximum Gasteiger partial charge on any atom is 0.212 e. The molecule has 0 aliphatic carbocycles. The lowest BCUT2D eigenvalue weighted by molar-refractivity contribution is 0.881. The van der Waals surface area contributed by atoms with E-state index in [0.29, 0.717) is 0 Å². The zero-order valence-electron chi connectivity index (χ0n) is 5.91. The van der Waals surface area contributed by atoms with E-state index in [1.54, 1.807) is 0 Å². The molecule has 0 aromatic carbocycles. The average Bonchev–Trinajstić information content (AvgIpc) is 2.04. The topological polar surface area (TPSA) is 153 Å². The molecule has 0 atom stereocenters. The molecule has 8 heteroatoms. The van der Waals surface area contributed by atoms with Gasteiger partial charge in [-0.25, -0.2) is 10.8 Å². The molecule has 0 rings (SSSR count).